The Kier molecular flexibility index (Phi) is 8.86. The van der Waals surface area contributed by atoms with E-state index in [1.54, 1.807) is 26.2 Å². The number of fused-ring (bicyclic) bond motifs is 1. The van der Waals surface area contributed by atoms with Crippen LogP contribution in [0.1, 0.15) is 42.1 Å². The second kappa shape index (κ2) is 11.9. The number of benzene rings is 2. The van der Waals surface area contributed by atoms with Crippen LogP contribution in [0.2, 0.25) is 0 Å². The smallest absolute Gasteiger partial charge is 0.200 e. The number of phenolic OH excluding ortho intramolecular Hbond substituents is 1. The van der Waals surface area contributed by atoms with Crippen LogP contribution in [0.25, 0.3) is 0 Å². The Labute approximate surface area is 221 Å². The maximum absolute atomic E-state index is 10.5. The van der Waals surface area contributed by atoms with E-state index in [1.807, 2.05) is 12.1 Å². The zero-order valence-corrected chi connectivity index (χ0v) is 21.9. The molecule has 0 amide bonds. The number of aromatic hydroxyl groups is 1. The molecular weight excluding hydrogens is 500 g/mol. The number of aliphatic hydroxyl groups is 4. The van der Waals surface area contributed by atoms with E-state index in [-0.39, 0.29) is 30.5 Å². The van der Waals surface area contributed by atoms with Crippen molar-refractivity contribution in [1.82, 2.24) is 0 Å². The first kappa shape index (κ1) is 28.2. The molecule has 0 bridgehead atoms. The molecule has 0 aliphatic carbocycles. The maximum Gasteiger partial charge on any atom is 0.200 e. The fourth-order valence-corrected chi connectivity index (χ4v) is 4.94. The molecule has 0 unspecified atom stereocenters. The third-order valence-electron chi connectivity index (χ3n) is 7.08. The van der Waals surface area contributed by atoms with Crippen LogP contribution >= 0.6 is 0 Å². The van der Waals surface area contributed by atoms with Crippen LogP contribution < -0.4 is 18.9 Å². The largest absolute Gasteiger partial charge is 0.502 e. The second-order valence-corrected chi connectivity index (χ2v) is 9.48. The molecule has 2 aromatic carbocycles. The van der Waals surface area contributed by atoms with Gasteiger partial charge in [-0.05, 0) is 43.5 Å². The van der Waals surface area contributed by atoms with Gasteiger partial charge in [0, 0.05) is 17.7 Å². The predicted molar refractivity (Wildman–Crippen MR) is 134 cm³/mol. The van der Waals surface area contributed by atoms with Crippen molar-refractivity contribution in [3.05, 3.63) is 41.0 Å². The van der Waals surface area contributed by atoms with Crippen LogP contribution in [0.3, 0.4) is 0 Å². The zero-order chi connectivity index (χ0) is 27.6. The molecule has 0 radical (unpaired) electrons. The van der Waals surface area contributed by atoms with Gasteiger partial charge in [0.25, 0.3) is 0 Å². The van der Waals surface area contributed by atoms with E-state index in [9.17, 15) is 25.5 Å². The summed E-state index contributed by atoms with van der Waals surface area (Å²) in [4.78, 5) is 0. The minimum atomic E-state index is -1.46. The zero-order valence-electron chi connectivity index (χ0n) is 21.9. The van der Waals surface area contributed by atoms with Gasteiger partial charge in [0.1, 0.15) is 24.4 Å². The molecule has 7 atom stereocenters. The highest BCUT2D eigenvalue weighted by molar-refractivity contribution is 5.58. The summed E-state index contributed by atoms with van der Waals surface area (Å²) in [5.74, 6) is 0.839. The van der Waals surface area contributed by atoms with Crippen LogP contribution in [-0.4, -0.2) is 90.8 Å². The van der Waals surface area contributed by atoms with Gasteiger partial charge < -0.3 is 54.0 Å². The van der Waals surface area contributed by atoms with Crippen molar-refractivity contribution in [2.45, 2.75) is 62.5 Å². The van der Waals surface area contributed by atoms with E-state index < -0.39 is 42.7 Å². The minimum Gasteiger partial charge on any atom is -0.502 e. The Morgan fingerprint density at radius 2 is 1.53 bits per heavy atom. The van der Waals surface area contributed by atoms with Crippen LogP contribution in [0.4, 0.5) is 0 Å². The fourth-order valence-electron chi connectivity index (χ4n) is 4.94. The third-order valence-corrected chi connectivity index (χ3v) is 7.08. The van der Waals surface area contributed by atoms with E-state index in [2.05, 4.69) is 0 Å². The average molecular weight is 537 g/mol. The highest BCUT2D eigenvalue weighted by Crippen LogP contribution is 2.53. The standard InChI is InChI=1S/C27H36O11/c1-13-21(29)23(31)24(32)27(37-13)36-12-17-16-8-14(6-5-7-28)9-20(35-4)26(16)38-25(17)15-10-18(33-2)22(30)19(11-15)34-3/h8-11,13,17,21,23-25,27-32H,5-7,12H2,1-4H3/t13-,17-,21-,23+,24+,25+,27+/m0/s1. The van der Waals surface area contributed by atoms with Crippen LogP contribution in [0.5, 0.6) is 28.7 Å². The summed E-state index contributed by atoms with van der Waals surface area (Å²) in [5, 5.41) is 50.5. The van der Waals surface area contributed by atoms with Gasteiger partial charge in [0.15, 0.2) is 29.3 Å². The van der Waals surface area contributed by atoms with Gasteiger partial charge in [-0.1, -0.05) is 6.07 Å². The summed E-state index contributed by atoms with van der Waals surface area (Å²) in [6, 6.07) is 7.12. The van der Waals surface area contributed by atoms with E-state index in [0.717, 1.165) is 11.1 Å². The lowest BCUT2D eigenvalue weighted by Crippen LogP contribution is -2.57. The fraction of sp³-hybridized carbons (Fsp3) is 0.556. The summed E-state index contributed by atoms with van der Waals surface area (Å²) in [5.41, 5.74) is 2.35. The quantitative estimate of drug-likeness (QED) is 0.299. The molecule has 1 fully saturated rings. The summed E-state index contributed by atoms with van der Waals surface area (Å²) in [6.07, 6.45) is -5.52. The molecule has 0 aromatic heterocycles. The van der Waals surface area contributed by atoms with Crippen molar-refractivity contribution < 1.29 is 54.0 Å². The highest BCUT2D eigenvalue weighted by atomic mass is 16.7. The number of methoxy groups -OCH3 is 3. The summed E-state index contributed by atoms with van der Waals surface area (Å²) >= 11 is 0. The van der Waals surface area contributed by atoms with Crippen molar-refractivity contribution in [3.8, 4) is 28.7 Å². The first-order chi connectivity index (χ1) is 18.2. The molecule has 0 spiro atoms. The third kappa shape index (κ3) is 5.35. The molecule has 11 heteroatoms. The number of hydrogen-bond acceptors (Lipinski definition) is 11. The van der Waals surface area contributed by atoms with Crippen LogP contribution in [0.15, 0.2) is 24.3 Å². The Morgan fingerprint density at radius 1 is 0.868 bits per heavy atom. The monoisotopic (exact) mass is 536 g/mol. The van der Waals surface area contributed by atoms with E-state index >= 15 is 0 Å². The van der Waals surface area contributed by atoms with Crippen LogP contribution in [0, 0.1) is 0 Å². The molecule has 0 saturated carbocycles. The number of rotatable bonds is 10. The Bertz CT molecular complexity index is 1080. The maximum atomic E-state index is 10.5. The van der Waals surface area contributed by atoms with Crippen molar-refractivity contribution >= 4 is 0 Å². The average Bonchev–Trinajstić information content (AvgIpc) is 3.29. The molecule has 2 heterocycles. The lowest BCUT2D eigenvalue weighted by atomic mass is 9.89. The van der Waals surface area contributed by atoms with Gasteiger partial charge in [-0.3, -0.25) is 0 Å². The van der Waals surface area contributed by atoms with Crippen molar-refractivity contribution in [2.75, 3.05) is 34.5 Å². The van der Waals surface area contributed by atoms with Gasteiger partial charge >= 0.3 is 0 Å². The number of aliphatic hydroxyl groups excluding tert-OH is 4. The minimum absolute atomic E-state index is 0.00699. The highest BCUT2D eigenvalue weighted by Gasteiger charge is 2.44. The molecular formula is C27H36O11. The van der Waals surface area contributed by atoms with Crippen LogP contribution in [-0.2, 0) is 15.9 Å². The van der Waals surface area contributed by atoms with Crippen molar-refractivity contribution in [3.63, 3.8) is 0 Å². The molecule has 4 rings (SSSR count). The van der Waals surface area contributed by atoms with E-state index in [0.29, 0.717) is 29.9 Å². The number of aryl methyl sites for hydroxylation is 1. The topological polar surface area (TPSA) is 157 Å². The Morgan fingerprint density at radius 3 is 2.13 bits per heavy atom. The molecule has 11 nitrogen and oxygen atoms in total. The molecule has 2 aliphatic heterocycles. The molecule has 210 valence electrons. The first-order valence-electron chi connectivity index (χ1n) is 12.5. The number of ether oxygens (including phenoxy) is 6. The van der Waals surface area contributed by atoms with E-state index in [1.165, 1.54) is 14.2 Å². The molecule has 1 saturated heterocycles. The Balaban J connectivity index is 1.72. The van der Waals surface area contributed by atoms with Gasteiger partial charge in [0.05, 0.1) is 40.0 Å². The lowest BCUT2D eigenvalue weighted by molar-refractivity contribution is -0.294. The number of hydrogen-bond donors (Lipinski definition) is 5. The Hall–Kier alpha value is -2.80. The van der Waals surface area contributed by atoms with E-state index in [4.69, 9.17) is 28.4 Å². The van der Waals surface area contributed by atoms with Crippen molar-refractivity contribution in [2.24, 2.45) is 0 Å². The SMILES string of the molecule is COc1cc([C@H]2Oc3c(OC)cc(CCCO)cc3[C@@H]2CO[C@@H]2O[C@@H](C)[C@H](O)[C@@H](O)[C@H]2O)cc(OC)c1O. The number of phenols is 1. The molecule has 38 heavy (non-hydrogen) atoms. The molecule has 2 aliphatic rings. The first-order valence-corrected chi connectivity index (χ1v) is 12.5. The second-order valence-electron chi connectivity index (χ2n) is 9.48. The van der Waals surface area contributed by atoms with Gasteiger partial charge in [-0.2, -0.15) is 0 Å². The summed E-state index contributed by atoms with van der Waals surface area (Å²) in [6.45, 7) is 1.63. The summed E-state index contributed by atoms with van der Waals surface area (Å²) in [7, 11) is 4.41. The summed E-state index contributed by atoms with van der Waals surface area (Å²) < 4.78 is 34.3. The lowest BCUT2D eigenvalue weighted by Gasteiger charge is -2.39. The molecule has 5 N–H and O–H groups in total. The van der Waals surface area contributed by atoms with Gasteiger partial charge in [-0.15, -0.1) is 0 Å². The van der Waals surface area contributed by atoms with Gasteiger partial charge in [0.2, 0.25) is 5.75 Å². The van der Waals surface area contributed by atoms with Crippen molar-refractivity contribution in [1.29, 1.82) is 0 Å². The normalized spacial score (nSPS) is 28.5. The predicted octanol–water partition coefficient (Wildman–Crippen LogP) is 1.40. The molecule has 2 aromatic rings. The van der Waals surface area contributed by atoms with Gasteiger partial charge in [-0.25, -0.2) is 0 Å².